The van der Waals surface area contributed by atoms with Gasteiger partial charge in [0, 0.05) is 12.6 Å². The molecule has 32 heavy (non-hydrogen) atoms. The molecule has 0 spiro atoms. The second-order valence-corrected chi connectivity index (χ2v) is 10.4. The van der Waals surface area contributed by atoms with E-state index in [-0.39, 0.29) is 29.2 Å². The van der Waals surface area contributed by atoms with E-state index >= 15 is 0 Å². The molecule has 174 valence electrons. The van der Waals surface area contributed by atoms with E-state index in [0.29, 0.717) is 0 Å². The van der Waals surface area contributed by atoms with E-state index in [9.17, 15) is 18.0 Å². The molecule has 1 N–H and O–H groups in total. The van der Waals surface area contributed by atoms with Gasteiger partial charge in [-0.2, -0.15) is 0 Å². The summed E-state index contributed by atoms with van der Waals surface area (Å²) in [5, 5.41) is 3.02. The van der Waals surface area contributed by atoms with Crippen LogP contribution in [0.15, 0.2) is 48.5 Å². The van der Waals surface area contributed by atoms with Crippen LogP contribution in [0, 0.1) is 6.92 Å². The third-order valence-corrected chi connectivity index (χ3v) is 6.32. The Morgan fingerprint density at radius 1 is 1.03 bits per heavy atom. The van der Waals surface area contributed by atoms with Crippen LogP contribution in [-0.2, 0) is 26.2 Å². The standard InChI is InChI=1S/C23H30ClN3O4S/c1-16(2)25-23(29)18(4)26(14-19-12-10-17(3)11-13-19)22(28)15-27(32(5,30)31)21-9-7-6-8-20(21)24/h6-13,16,18H,14-15H2,1-5H3,(H,25,29). The second kappa shape index (κ2) is 10.8. The van der Waals surface area contributed by atoms with Crippen molar-refractivity contribution in [3.8, 4) is 0 Å². The summed E-state index contributed by atoms with van der Waals surface area (Å²) in [7, 11) is -3.81. The number of anilines is 1. The van der Waals surface area contributed by atoms with Gasteiger partial charge in [-0.3, -0.25) is 13.9 Å². The number of rotatable bonds is 9. The van der Waals surface area contributed by atoms with Gasteiger partial charge >= 0.3 is 0 Å². The maximum Gasteiger partial charge on any atom is 0.244 e. The Labute approximate surface area is 195 Å². The number of carbonyl (C=O) groups is 2. The first-order valence-corrected chi connectivity index (χ1v) is 12.5. The van der Waals surface area contributed by atoms with Crippen LogP contribution in [-0.4, -0.2) is 50.0 Å². The summed E-state index contributed by atoms with van der Waals surface area (Å²) >= 11 is 6.21. The minimum Gasteiger partial charge on any atom is -0.352 e. The molecule has 2 aromatic carbocycles. The zero-order valence-corrected chi connectivity index (χ0v) is 20.6. The van der Waals surface area contributed by atoms with Crippen LogP contribution < -0.4 is 9.62 Å². The minimum atomic E-state index is -3.81. The lowest BCUT2D eigenvalue weighted by Gasteiger charge is -2.32. The van der Waals surface area contributed by atoms with Gasteiger partial charge in [0.05, 0.1) is 17.0 Å². The van der Waals surface area contributed by atoms with E-state index in [1.54, 1.807) is 25.1 Å². The van der Waals surface area contributed by atoms with E-state index in [2.05, 4.69) is 5.32 Å². The third kappa shape index (κ3) is 6.97. The van der Waals surface area contributed by atoms with E-state index in [0.717, 1.165) is 21.7 Å². The van der Waals surface area contributed by atoms with Crippen LogP contribution in [0.1, 0.15) is 31.9 Å². The van der Waals surface area contributed by atoms with Crippen molar-refractivity contribution in [1.82, 2.24) is 10.2 Å². The highest BCUT2D eigenvalue weighted by molar-refractivity contribution is 7.92. The summed E-state index contributed by atoms with van der Waals surface area (Å²) in [6.07, 6.45) is 1.02. The molecule has 0 saturated carbocycles. The number of benzene rings is 2. The van der Waals surface area contributed by atoms with Crippen molar-refractivity contribution in [2.75, 3.05) is 17.1 Å². The molecule has 9 heteroatoms. The number of sulfonamides is 1. The Balaban J connectivity index is 2.39. The van der Waals surface area contributed by atoms with E-state index in [1.807, 2.05) is 45.0 Å². The third-order valence-electron chi connectivity index (χ3n) is 4.87. The summed E-state index contributed by atoms with van der Waals surface area (Å²) in [6.45, 7) is 6.93. The Hall–Kier alpha value is -2.58. The summed E-state index contributed by atoms with van der Waals surface area (Å²) in [6, 6.07) is 13.1. The first-order chi connectivity index (χ1) is 14.9. The molecule has 0 aliphatic rings. The van der Waals surface area contributed by atoms with Gasteiger partial charge in [-0.1, -0.05) is 53.6 Å². The van der Waals surface area contributed by atoms with Crippen molar-refractivity contribution in [3.05, 3.63) is 64.7 Å². The van der Waals surface area contributed by atoms with Gasteiger partial charge in [0.25, 0.3) is 0 Å². The molecule has 0 bridgehead atoms. The number of aryl methyl sites for hydroxylation is 1. The Bertz CT molecular complexity index is 1060. The largest absolute Gasteiger partial charge is 0.352 e. The number of hydrogen-bond donors (Lipinski definition) is 1. The number of nitrogens with zero attached hydrogens (tertiary/aromatic N) is 2. The summed E-state index contributed by atoms with van der Waals surface area (Å²) in [5.74, 6) is -0.827. The van der Waals surface area contributed by atoms with Crippen LogP contribution in [0.2, 0.25) is 5.02 Å². The van der Waals surface area contributed by atoms with Crippen LogP contribution in [0.4, 0.5) is 5.69 Å². The van der Waals surface area contributed by atoms with Crippen molar-refractivity contribution in [1.29, 1.82) is 0 Å². The van der Waals surface area contributed by atoms with E-state index < -0.39 is 28.5 Å². The first kappa shape index (κ1) is 25.7. The molecule has 0 aliphatic heterocycles. The van der Waals surface area contributed by atoms with Crippen molar-refractivity contribution in [2.45, 2.75) is 46.3 Å². The van der Waals surface area contributed by atoms with Crippen molar-refractivity contribution in [2.24, 2.45) is 0 Å². The molecule has 2 aromatic rings. The first-order valence-electron chi connectivity index (χ1n) is 10.3. The fourth-order valence-electron chi connectivity index (χ4n) is 3.13. The average molecular weight is 480 g/mol. The molecule has 0 saturated heterocycles. The van der Waals surface area contributed by atoms with Gasteiger partial charge in [0.1, 0.15) is 12.6 Å². The normalized spacial score (nSPS) is 12.3. The number of hydrogen-bond acceptors (Lipinski definition) is 4. The minimum absolute atomic E-state index is 0.100. The lowest BCUT2D eigenvalue weighted by Crippen LogP contribution is -2.52. The Kier molecular flexibility index (Phi) is 8.69. The van der Waals surface area contributed by atoms with E-state index in [4.69, 9.17) is 11.6 Å². The lowest BCUT2D eigenvalue weighted by atomic mass is 10.1. The Morgan fingerprint density at radius 2 is 1.62 bits per heavy atom. The molecular weight excluding hydrogens is 450 g/mol. The molecule has 0 heterocycles. The quantitative estimate of drug-likeness (QED) is 0.597. The van der Waals surface area contributed by atoms with Gasteiger partial charge in [-0.25, -0.2) is 8.42 Å². The van der Waals surface area contributed by atoms with E-state index in [1.165, 1.54) is 11.0 Å². The molecule has 0 aromatic heterocycles. The lowest BCUT2D eigenvalue weighted by molar-refractivity contribution is -0.139. The fraction of sp³-hybridized carbons (Fsp3) is 0.391. The molecule has 1 unspecified atom stereocenters. The predicted octanol–water partition coefficient (Wildman–Crippen LogP) is 3.36. The smallest absolute Gasteiger partial charge is 0.244 e. The highest BCUT2D eigenvalue weighted by atomic mass is 35.5. The maximum absolute atomic E-state index is 13.4. The van der Waals surface area contributed by atoms with Gasteiger partial charge in [0.15, 0.2) is 0 Å². The van der Waals surface area contributed by atoms with Gasteiger partial charge in [0.2, 0.25) is 21.8 Å². The predicted molar refractivity (Wildman–Crippen MR) is 128 cm³/mol. The second-order valence-electron chi connectivity index (χ2n) is 8.07. The number of nitrogens with one attached hydrogen (secondary N) is 1. The van der Waals surface area contributed by atoms with Crippen LogP contribution in [0.3, 0.4) is 0 Å². The average Bonchev–Trinajstić information content (AvgIpc) is 2.70. The molecule has 0 fully saturated rings. The zero-order valence-electron chi connectivity index (χ0n) is 19.0. The molecule has 2 rings (SSSR count). The SMILES string of the molecule is Cc1ccc(CN(C(=O)CN(c2ccccc2Cl)S(C)(=O)=O)C(C)C(=O)NC(C)C)cc1. The number of halogens is 1. The monoisotopic (exact) mass is 479 g/mol. The molecule has 7 nitrogen and oxygen atoms in total. The zero-order chi connectivity index (χ0) is 24.1. The fourth-order valence-corrected chi connectivity index (χ4v) is 4.28. The number of para-hydroxylation sites is 1. The van der Waals surface area contributed by atoms with Crippen LogP contribution >= 0.6 is 11.6 Å². The highest BCUT2D eigenvalue weighted by Gasteiger charge is 2.30. The molecular formula is C23H30ClN3O4S. The summed E-state index contributed by atoms with van der Waals surface area (Å²) in [4.78, 5) is 27.5. The highest BCUT2D eigenvalue weighted by Crippen LogP contribution is 2.27. The molecule has 1 atom stereocenters. The van der Waals surface area contributed by atoms with Crippen molar-refractivity contribution >= 4 is 39.1 Å². The van der Waals surface area contributed by atoms with Gasteiger partial charge in [-0.05, 0) is 45.4 Å². The topological polar surface area (TPSA) is 86.8 Å². The van der Waals surface area contributed by atoms with Crippen molar-refractivity contribution < 1.29 is 18.0 Å². The van der Waals surface area contributed by atoms with Gasteiger partial charge in [-0.15, -0.1) is 0 Å². The van der Waals surface area contributed by atoms with Crippen LogP contribution in [0.25, 0.3) is 0 Å². The summed E-state index contributed by atoms with van der Waals surface area (Å²) in [5.41, 5.74) is 2.11. The van der Waals surface area contributed by atoms with Gasteiger partial charge < -0.3 is 10.2 Å². The summed E-state index contributed by atoms with van der Waals surface area (Å²) < 4.78 is 26.0. The molecule has 0 radical (unpaired) electrons. The number of amides is 2. The van der Waals surface area contributed by atoms with Crippen LogP contribution in [0.5, 0.6) is 0 Å². The Morgan fingerprint density at radius 3 is 2.16 bits per heavy atom. The molecule has 2 amide bonds. The van der Waals surface area contributed by atoms with Crippen molar-refractivity contribution in [3.63, 3.8) is 0 Å². The molecule has 0 aliphatic carbocycles. The number of carbonyl (C=O) groups excluding carboxylic acids is 2. The maximum atomic E-state index is 13.4.